The highest BCUT2D eigenvalue weighted by Crippen LogP contribution is 2.38. The van der Waals surface area contributed by atoms with Crippen molar-refractivity contribution in [2.45, 2.75) is 18.7 Å². The number of hydrogen-bond donors (Lipinski definition) is 0. The second-order valence-corrected chi connectivity index (χ2v) is 5.93. The van der Waals surface area contributed by atoms with Gasteiger partial charge in [0.25, 0.3) is 0 Å². The van der Waals surface area contributed by atoms with Crippen LogP contribution in [0.5, 0.6) is 11.5 Å². The van der Waals surface area contributed by atoms with E-state index in [1.54, 1.807) is 13.2 Å². The normalized spacial score (nSPS) is 12.1. The Labute approximate surface area is 133 Å². The molecule has 0 saturated carbocycles. The molecule has 0 aliphatic carbocycles. The lowest BCUT2D eigenvalue weighted by molar-refractivity contribution is 0.351. The van der Waals surface area contributed by atoms with Gasteiger partial charge in [-0.15, -0.1) is 0 Å². The van der Waals surface area contributed by atoms with Crippen LogP contribution in [-0.4, -0.2) is 14.2 Å². The molecular formula is C17H18BrFO2. The Kier molecular flexibility index (Phi) is 4.88. The number of hydrogen-bond acceptors (Lipinski definition) is 2. The van der Waals surface area contributed by atoms with Crippen LogP contribution in [0.3, 0.4) is 0 Å². The summed E-state index contributed by atoms with van der Waals surface area (Å²) in [6, 6.07) is 9.20. The molecular weight excluding hydrogens is 335 g/mol. The van der Waals surface area contributed by atoms with Crippen molar-refractivity contribution >= 4 is 15.9 Å². The van der Waals surface area contributed by atoms with Gasteiger partial charge in [-0.2, -0.15) is 0 Å². The minimum atomic E-state index is -0.325. The Morgan fingerprint density at radius 2 is 1.43 bits per heavy atom. The van der Waals surface area contributed by atoms with Gasteiger partial charge in [-0.3, -0.25) is 0 Å². The highest BCUT2D eigenvalue weighted by atomic mass is 79.9. The van der Waals surface area contributed by atoms with Gasteiger partial charge in [0.1, 0.15) is 5.82 Å². The minimum absolute atomic E-state index is 0.240. The number of benzene rings is 2. The summed E-state index contributed by atoms with van der Waals surface area (Å²) in [5.74, 6) is 0.579. The molecule has 112 valence electrons. The van der Waals surface area contributed by atoms with Crippen molar-refractivity contribution in [1.82, 2.24) is 0 Å². The van der Waals surface area contributed by atoms with E-state index in [4.69, 9.17) is 9.47 Å². The third kappa shape index (κ3) is 3.38. The summed E-state index contributed by atoms with van der Waals surface area (Å²) in [5, 5.41) is 0. The van der Waals surface area contributed by atoms with Crippen LogP contribution in [-0.2, 0) is 0 Å². The van der Waals surface area contributed by atoms with Crippen LogP contribution in [0.25, 0.3) is 0 Å². The first-order valence-corrected chi connectivity index (χ1v) is 7.51. The predicted molar refractivity (Wildman–Crippen MR) is 86.2 cm³/mol. The fourth-order valence-corrected chi connectivity index (χ4v) is 3.02. The van der Waals surface area contributed by atoms with E-state index >= 15 is 0 Å². The summed E-state index contributed by atoms with van der Waals surface area (Å²) in [6.07, 6.45) is 0. The maximum Gasteiger partial charge on any atom is 0.163 e. The van der Waals surface area contributed by atoms with Crippen molar-refractivity contribution in [1.29, 1.82) is 0 Å². The number of rotatable bonds is 4. The van der Waals surface area contributed by atoms with Crippen LogP contribution in [0.2, 0.25) is 0 Å². The number of aryl methyl sites for hydroxylation is 2. The van der Waals surface area contributed by atoms with Gasteiger partial charge in [0.15, 0.2) is 11.5 Å². The first-order chi connectivity index (χ1) is 9.96. The average Bonchev–Trinajstić information content (AvgIpc) is 2.45. The quantitative estimate of drug-likeness (QED) is 0.725. The lowest BCUT2D eigenvalue weighted by atomic mass is 10.00. The Morgan fingerprint density at radius 1 is 0.905 bits per heavy atom. The van der Waals surface area contributed by atoms with E-state index in [-0.39, 0.29) is 10.6 Å². The van der Waals surface area contributed by atoms with Gasteiger partial charge in [-0.1, -0.05) is 45.3 Å². The van der Waals surface area contributed by atoms with E-state index in [2.05, 4.69) is 22.0 Å². The molecule has 0 aromatic heterocycles. The van der Waals surface area contributed by atoms with Crippen molar-refractivity contribution in [3.05, 3.63) is 58.4 Å². The van der Waals surface area contributed by atoms with Crippen LogP contribution in [0.15, 0.2) is 30.3 Å². The van der Waals surface area contributed by atoms with E-state index in [1.165, 1.54) is 13.2 Å². The molecule has 0 fully saturated rings. The molecule has 21 heavy (non-hydrogen) atoms. The fourth-order valence-electron chi connectivity index (χ4n) is 2.40. The molecule has 2 rings (SSSR count). The molecule has 0 aliphatic heterocycles. The topological polar surface area (TPSA) is 18.5 Å². The molecule has 0 spiro atoms. The molecule has 0 saturated heterocycles. The van der Waals surface area contributed by atoms with Gasteiger partial charge in [0.2, 0.25) is 0 Å². The van der Waals surface area contributed by atoms with E-state index in [0.717, 1.165) is 16.7 Å². The third-order valence-corrected chi connectivity index (χ3v) is 4.33. The van der Waals surface area contributed by atoms with Gasteiger partial charge in [-0.05, 0) is 25.5 Å². The molecule has 0 heterocycles. The van der Waals surface area contributed by atoms with Gasteiger partial charge in [0.05, 0.1) is 19.0 Å². The maximum absolute atomic E-state index is 14.3. The van der Waals surface area contributed by atoms with Crippen molar-refractivity contribution in [3.63, 3.8) is 0 Å². The summed E-state index contributed by atoms with van der Waals surface area (Å²) in [5.41, 5.74) is 3.84. The van der Waals surface area contributed by atoms with Crippen LogP contribution < -0.4 is 9.47 Å². The molecule has 4 heteroatoms. The predicted octanol–water partition coefficient (Wildman–Crippen LogP) is 4.94. The van der Waals surface area contributed by atoms with Crippen LogP contribution in [0.1, 0.15) is 27.1 Å². The summed E-state index contributed by atoms with van der Waals surface area (Å²) in [7, 11) is 3.03. The minimum Gasteiger partial charge on any atom is -0.493 e. The maximum atomic E-state index is 14.3. The Hall–Kier alpha value is -1.55. The van der Waals surface area contributed by atoms with Gasteiger partial charge in [-0.25, -0.2) is 4.39 Å². The van der Waals surface area contributed by atoms with E-state index in [1.807, 2.05) is 26.0 Å². The molecule has 1 unspecified atom stereocenters. The Balaban J connectivity index is 2.49. The number of halogens is 2. The van der Waals surface area contributed by atoms with Gasteiger partial charge < -0.3 is 9.47 Å². The van der Waals surface area contributed by atoms with Crippen LogP contribution in [0, 0.1) is 19.7 Å². The lowest BCUT2D eigenvalue weighted by Gasteiger charge is -2.16. The van der Waals surface area contributed by atoms with E-state index in [9.17, 15) is 4.39 Å². The largest absolute Gasteiger partial charge is 0.493 e. The standard InChI is InChI=1S/C17H18BrFO2/c1-10-5-11(2)7-12(6-10)17(18)13-8-15(20-3)16(21-4)9-14(13)19/h5-9,17H,1-4H3. The van der Waals surface area contributed by atoms with Gasteiger partial charge >= 0.3 is 0 Å². The van der Waals surface area contributed by atoms with Crippen molar-refractivity contribution < 1.29 is 13.9 Å². The number of ether oxygens (including phenoxy) is 2. The molecule has 0 aliphatic rings. The summed E-state index contributed by atoms with van der Waals surface area (Å²) >= 11 is 3.59. The number of alkyl halides is 1. The van der Waals surface area contributed by atoms with E-state index in [0.29, 0.717) is 17.1 Å². The molecule has 2 aromatic rings. The lowest BCUT2D eigenvalue weighted by Crippen LogP contribution is -2.00. The number of methoxy groups -OCH3 is 2. The fraction of sp³-hybridized carbons (Fsp3) is 0.294. The van der Waals surface area contributed by atoms with Crippen LogP contribution in [0.4, 0.5) is 4.39 Å². The van der Waals surface area contributed by atoms with E-state index < -0.39 is 0 Å². The first kappa shape index (κ1) is 15.8. The van der Waals surface area contributed by atoms with Crippen LogP contribution >= 0.6 is 15.9 Å². The zero-order valence-electron chi connectivity index (χ0n) is 12.5. The second-order valence-electron chi connectivity index (χ2n) is 5.01. The third-order valence-electron chi connectivity index (χ3n) is 3.31. The smallest absolute Gasteiger partial charge is 0.163 e. The molecule has 0 bridgehead atoms. The molecule has 0 amide bonds. The highest BCUT2D eigenvalue weighted by Gasteiger charge is 2.19. The molecule has 0 N–H and O–H groups in total. The SMILES string of the molecule is COc1cc(F)c(C(Br)c2cc(C)cc(C)c2)cc1OC. The van der Waals surface area contributed by atoms with Crippen molar-refractivity contribution in [3.8, 4) is 11.5 Å². The first-order valence-electron chi connectivity index (χ1n) is 6.60. The molecule has 1 atom stereocenters. The zero-order valence-corrected chi connectivity index (χ0v) is 14.1. The summed E-state index contributed by atoms with van der Waals surface area (Å²) < 4.78 is 24.7. The second kappa shape index (κ2) is 6.48. The Morgan fingerprint density at radius 3 is 1.95 bits per heavy atom. The Bertz CT molecular complexity index is 635. The molecule has 2 aromatic carbocycles. The summed E-state index contributed by atoms with van der Waals surface area (Å²) in [6.45, 7) is 4.06. The summed E-state index contributed by atoms with van der Waals surface area (Å²) in [4.78, 5) is -0.240. The average molecular weight is 353 g/mol. The van der Waals surface area contributed by atoms with Crippen molar-refractivity contribution in [2.75, 3.05) is 14.2 Å². The molecule has 0 radical (unpaired) electrons. The van der Waals surface area contributed by atoms with Crippen molar-refractivity contribution in [2.24, 2.45) is 0 Å². The molecule has 2 nitrogen and oxygen atoms in total. The van der Waals surface area contributed by atoms with Gasteiger partial charge in [0, 0.05) is 11.6 Å². The zero-order chi connectivity index (χ0) is 15.6. The highest BCUT2D eigenvalue weighted by molar-refractivity contribution is 9.09. The monoisotopic (exact) mass is 352 g/mol.